The first kappa shape index (κ1) is 15.9. The summed E-state index contributed by atoms with van der Waals surface area (Å²) in [6.07, 6.45) is 0. The maximum absolute atomic E-state index is 13.4. The Morgan fingerprint density at radius 1 is 1.32 bits per heavy atom. The average Bonchev–Trinajstić information content (AvgIpc) is 2.47. The molecule has 0 radical (unpaired) electrons. The number of Topliss-reactive ketones (excluding diaryl/α,β-unsaturated/α-hetero) is 1. The molecule has 2 aromatic carbocycles. The fourth-order valence-electron chi connectivity index (χ4n) is 1.82. The Kier molecular flexibility index (Phi) is 4.72. The predicted molar refractivity (Wildman–Crippen MR) is 82.1 cm³/mol. The van der Waals surface area contributed by atoms with E-state index in [0.29, 0.717) is 11.3 Å². The van der Waals surface area contributed by atoms with Gasteiger partial charge in [0.05, 0.1) is 11.5 Å². The molecule has 0 heterocycles. The quantitative estimate of drug-likeness (QED) is 0.513. The van der Waals surface area contributed by atoms with E-state index in [1.807, 2.05) is 0 Å². The molecule has 5 nitrogen and oxygen atoms in total. The molecule has 0 aliphatic rings. The lowest BCUT2D eigenvalue weighted by Gasteiger charge is -2.07. The minimum atomic E-state index is -0.591. The minimum absolute atomic E-state index is 0.0242. The smallest absolute Gasteiger partial charge is 0.288 e. The Morgan fingerprint density at radius 2 is 2.05 bits per heavy atom. The number of nitro benzene ring substituents is 1. The first-order valence-corrected chi connectivity index (χ1v) is 6.73. The summed E-state index contributed by atoms with van der Waals surface area (Å²) in [5.74, 6) is -0.738. The maximum atomic E-state index is 13.4. The second kappa shape index (κ2) is 6.53. The summed E-state index contributed by atoms with van der Waals surface area (Å²) in [5.41, 5.74) is 0.978. The third-order valence-electron chi connectivity index (χ3n) is 3.09. The zero-order chi connectivity index (χ0) is 16.3. The summed E-state index contributed by atoms with van der Waals surface area (Å²) < 4.78 is 13.4. The van der Waals surface area contributed by atoms with E-state index in [1.54, 1.807) is 13.0 Å². The molecule has 0 aliphatic carbocycles. The van der Waals surface area contributed by atoms with Crippen LogP contribution in [0.1, 0.15) is 15.9 Å². The number of ketones is 1. The largest absolute Gasteiger partial charge is 0.378 e. The van der Waals surface area contributed by atoms with Gasteiger partial charge in [-0.15, -0.1) is 0 Å². The van der Waals surface area contributed by atoms with Gasteiger partial charge in [-0.05, 0) is 30.7 Å². The molecule has 1 N–H and O–H groups in total. The molecule has 22 heavy (non-hydrogen) atoms. The van der Waals surface area contributed by atoms with Crippen molar-refractivity contribution in [3.63, 3.8) is 0 Å². The van der Waals surface area contributed by atoms with E-state index in [1.165, 1.54) is 30.3 Å². The van der Waals surface area contributed by atoms with Crippen molar-refractivity contribution in [1.82, 2.24) is 0 Å². The van der Waals surface area contributed by atoms with E-state index in [2.05, 4.69) is 5.32 Å². The van der Waals surface area contributed by atoms with E-state index in [0.717, 1.165) is 0 Å². The van der Waals surface area contributed by atoms with Gasteiger partial charge < -0.3 is 5.32 Å². The molecule has 0 aliphatic heterocycles. The van der Waals surface area contributed by atoms with Crippen LogP contribution in [0.3, 0.4) is 0 Å². The Morgan fingerprint density at radius 3 is 2.64 bits per heavy atom. The van der Waals surface area contributed by atoms with Crippen LogP contribution in [0, 0.1) is 22.9 Å². The summed E-state index contributed by atoms with van der Waals surface area (Å²) in [4.78, 5) is 22.0. The number of carbonyl (C=O) groups excluding carboxylic acids is 1. The van der Waals surface area contributed by atoms with Gasteiger partial charge in [0.25, 0.3) is 5.69 Å². The first-order chi connectivity index (χ1) is 10.4. The van der Waals surface area contributed by atoms with Crippen molar-refractivity contribution in [2.45, 2.75) is 6.92 Å². The lowest BCUT2D eigenvalue weighted by atomic mass is 10.1. The van der Waals surface area contributed by atoms with Gasteiger partial charge in [0.2, 0.25) is 0 Å². The SMILES string of the molecule is Cc1ccc(C(=O)CNc2ccc([N+](=O)[O-])c(Cl)c2)cc1F. The molecular weight excluding hydrogens is 311 g/mol. The molecule has 0 amide bonds. The van der Waals surface area contributed by atoms with Gasteiger partial charge in [0.15, 0.2) is 5.78 Å². The minimum Gasteiger partial charge on any atom is -0.378 e. The normalized spacial score (nSPS) is 10.3. The molecule has 7 heteroatoms. The lowest BCUT2D eigenvalue weighted by Crippen LogP contribution is -2.14. The Labute approximate surface area is 130 Å². The van der Waals surface area contributed by atoms with E-state index >= 15 is 0 Å². The molecule has 0 aromatic heterocycles. The second-order valence-electron chi connectivity index (χ2n) is 4.66. The van der Waals surface area contributed by atoms with Gasteiger partial charge in [-0.1, -0.05) is 23.7 Å². The monoisotopic (exact) mass is 322 g/mol. The van der Waals surface area contributed by atoms with Gasteiger partial charge in [0.1, 0.15) is 10.8 Å². The van der Waals surface area contributed by atoms with Crippen LogP contribution in [-0.2, 0) is 0 Å². The highest BCUT2D eigenvalue weighted by Gasteiger charge is 2.13. The summed E-state index contributed by atoms with van der Waals surface area (Å²) in [6, 6.07) is 8.33. The first-order valence-electron chi connectivity index (χ1n) is 6.35. The van der Waals surface area contributed by atoms with Crippen LogP contribution in [0.4, 0.5) is 15.8 Å². The topological polar surface area (TPSA) is 72.2 Å². The maximum Gasteiger partial charge on any atom is 0.288 e. The number of carbonyl (C=O) groups is 1. The Bertz CT molecular complexity index is 750. The number of rotatable bonds is 5. The molecule has 114 valence electrons. The van der Waals surface area contributed by atoms with E-state index in [4.69, 9.17) is 11.6 Å². The molecule has 0 saturated heterocycles. The van der Waals surface area contributed by atoms with Crippen molar-refractivity contribution in [1.29, 1.82) is 0 Å². The van der Waals surface area contributed by atoms with Crippen molar-refractivity contribution in [3.8, 4) is 0 Å². The van der Waals surface area contributed by atoms with E-state index in [-0.39, 0.29) is 28.6 Å². The average molecular weight is 323 g/mol. The lowest BCUT2D eigenvalue weighted by molar-refractivity contribution is -0.384. The standard InChI is InChI=1S/C15H12ClFN2O3/c1-9-2-3-10(6-13(9)17)15(20)8-18-11-4-5-14(19(21)22)12(16)7-11/h2-7,18H,8H2,1H3. The highest BCUT2D eigenvalue weighted by Crippen LogP contribution is 2.27. The van der Waals surface area contributed by atoms with Crippen LogP contribution in [0.5, 0.6) is 0 Å². The van der Waals surface area contributed by atoms with Crippen molar-refractivity contribution in [3.05, 3.63) is 68.5 Å². The fraction of sp³-hybridized carbons (Fsp3) is 0.133. The predicted octanol–water partition coefficient (Wildman–Crippen LogP) is 3.99. The Hall–Kier alpha value is -2.47. The zero-order valence-corrected chi connectivity index (χ0v) is 12.4. The number of benzene rings is 2. The van der Waals surface area contributed by atoms with Gasteiger partial charge in [-0.2, -0.15) is 0 Å². The van der Waals surface area contributed by atoms with Gasteiger partial charge in [-0.3, -0.25) is 14.9 Å². The van der Waals surface area contributed by atoms with Crippen LogP contribution in [0.25, 0.3) is 0 Å². The third kappa shape index (κ3) is 3.59. The number of nitro groups is 1. The van der Waals surface area contributed by atoms with Crippen molar-refractivity contribution >= 4 is 28.8 Å². The molecule has 2 aromatic rings. The van der Waals surface area contributed by atoms with Crippen molar-refractivity contribution in [2.75, 3.05) is 11.9 Å². The molecular formula is C15H12ClFN2O3. The van der Waals surface area contributed by atoms with Crippen molar-refractivity contribution in [2.24, 2.45) is 0 Å². The Balaban J connectivity index is 2.06. The molecule has 0 saturated carbocycles. The molecule has 2 rings (SSSR count). The third-order valence-corrected chi connectivity index (χ3v) is 3.39. The van der Waals surface area contributed by atoms with Crippen LogP contribution in [0.2, 0.25) is 5.02 Å². The highest BCUT2D eigenvalue weighted by molar-refractivity contribution is 6.32. The summed E-state index contributed by atoms with van der Waals surface area (Å²) in [7, 11) is 0. The van der Waals surface area contributed by atoms with Gasteiger partial charge >= 0.3 is 0 Å². The summed E-state index contributed by atoms with van der Waals surface area (Å²) in [5, 5.41) is 13.4. The number of nitrogens with zero attached hydrogens (tertiary/aromatic N) is 1. The second-order valence-corrected chi connectivity index (χ2v) is 5.07. The number of halogens is 2. The molecule has 0 bridgehead atoms. The number of hydrogen-bond donors (Lipinski definition) is 1. The summed E-state index contributed by atoms with van der Waals surface area (Å²) in [6.45, 7) is 1.54. The van der Waals surface area contributed by atoms with E-state index < -0.39 is 10.7 Å². The number of nitrogens with one attached hydrogen (secondary N) is 1. The van der Waals surface area contributed by atoms with Crippen LogP contribution in [-0.4, -0.2) is 17.3 Å². The van der Waals surface area contributed by atoms with Gasteiger partial charge in [0, 0.05) is 17.3 Å². The van der Waals surface area contributed by atoms with Crippen LogP contribution in [0.15, 0.2) is 36.4 Å². The van der Waals surface area contributed by atoms with Gasteiger partial charge in [-0.25, -0.2) is 4.39 Å². The molecule has 0 fully saturated rings. The summed E-state index contributed by atoms with van der Waals surface area (Å²) >= 11 is 5.78. The molecule has 0 spiro atoms. The number of aryl methyl sites for hydroxylation is 1. The molecule has 0 unspecified atom stereocenters. The van der Waals surface area contributed by atoms with Crippen LogP contribution >= 0.6 is 11.6 Å². The molecule has 0 atom stereocenters. The highest BCUT2D eigenvalue weighted by atomic mass is 35.5. The number of anilines is 1. The zero-order valence-electron chi connectivity index (χ0n) is 11.6. The fourth-order valence-corrected chi connectivity index (χ4v) is 2.07. The van der Waals surface area contributed by atoms with Crippen LogP contribution < -0.4 is 5.32 Å². The van der Waals surface area contributed by atoms with E-state index in [9.17, 15) is 19.3 Å². The number of hydrogen-bond acceptors (Lipinski definition) is 4. The van der Waals surface area contributed by atoms with Crippen molar-refractivity contribution < 1.29 is 14.1 Å².